The number of hydrogen-bond donors (Lipinski definition) is 1. The lowest BCUT2D eigenvalue weighted by Gasteiger charge is -2.05. The van der Waals surface area contributed by atoms with E-state index >= 15 is 0 Å². The van der Waals surface area contributed by atoms with Crippen molar-refractivity contribution in [1.29, 1.82) is 0 Å². The second-order valence-corrected chi connectivity index (χ2v) is 8.90. The molecule has 228 valence electrons. The minimum Gasteiger partial charge on any atom is -0.501 e. The van der Waals surface area contributed by atoms with Crippen LogP contribution in [0.4, 0.5) is 8.78 Å². The summed E-state index contributed by atoms with van der Waals surface area (Å²) in [6.07, 6.45) is 16.9. The number of nitrogens with two attached hydrogens (primary N) is 1. The van der Waals surface area contributed by atoms with Gasteiger partial charge < -0.3 is 10.5 Å². The van der Waals surface area contributed by atoms with E-state index in [-0.39, 0.29) is 18.0 Å². The number of hydrogen-bond acceptors (Lipinski definition) is 4. The van der Waals surface area contributed by atoms with Crippen molar-refractivity contribution in [3.63, 3.8) is 0 Å². The van der Waals surface area contributed by atoms with Gasteiger partial charge in [-0.25, -0.2) is 8.78 Å². The molecule has 0 aliphatic rings. The normalized spacial score (nSPS) is 11.3. The molecule has 0 atom stereocenters. The van der Waals surface area contributed by atoms with Gasteiger partial charge >= 0.3 is 0 Å². The number of methoxy groups -OCH3 is 1. The number of primary amides is 1. The third-order valence-electron chi connectivity index (χ3n) is 5.68. The number of benzene rings is 2. The van der Waals surface area contributed by atoms with Crippen molar-refractivity contribution in [1.82, 2.24) is 0 Å². The van der Waals surface area contributed by atoms with Gasteiger partial charge in [-0.05, 0) is 56.0 Å². The maximum absolute atomic E-state index is 13.4. The summed E-state index contributed by atoms with van der Waals surface area (Å²) in [5, 5.41) is 0. The highest BCUT2D eigenvalue weighted by Gasteiger charge is 2.07. The molecule has 0 saturated heterocycles. The van der Waals surface area contributed by atoms with Crippen molar-refractivity contribution in [3.8, 4) is 12.8 Å². The molecule has 5 nitrogen and oxygen atoms in total. The van der Waals surface area contributed by atoms with E-state index in [1.54, 1.807) is 20.4 Å². The van der Waals surface area contributed by atoms with Gasteiger partial charge in [0.05, 0.1) is 25.1 Å². The van der Waals surface area contributed by atoms with Crippen LogP contribution in [-0.2, 0) is 16.1 Å². The molecule has 2 rings (SSSR count). The molecule has 0 aromatic heterocycles. The van der Waals surface area contributed by atoms with Gasteiger partial charge in [0.2, 0.25) is 5.91 Å². The summed E-state index contributed by atoms with van der Waals surface area (Å²) in [5.41, 5.74) is 10.1. The lowest BCUT2D eigenvalue weighted by Crippen LogP contribution is -2.09. The Morgan fingerprint density at radius 3 is 2.19 bits per heavy atom. The van der Waals surface area contributed by atoms with Crippen molar-refractivity contribution < 1.29 is 18.3 Å². The Balaban J connectivity index is 0. The summed E-state index contributed by atoms with van der Waals surface area (Å²) in [7, 11) is 3.33. The Kier molecular flexibility index (Phi) is 23.2. The van der Waals surface area contributed by atoms with Crippen LogP contribution in [0.1, 0.15) is 70.1 Å². The van der Waals surface area contributed by atoms with Crippen LogP contribution in [0.5, 0.6) is 0 Å². The summed E-state index contributed by atoms with van der Waals surface area (Å²) in [4.78, 5) is 18.1. The fourth-order valence-electron chi connectivity index (χ4n) is 3.08. The number of halogens is 2. The topological polar surface area (TPSA) is 77.0 Å². The quantitative estimate of drug-likeness (QED) is 0.126. The molecule has 0 bridgehead atoms. The predicted molar refractivity (Wildman–Crippen MR) is 176 cm³/mol. The van der Waals surface area contributed by atoms with Crippen LogP contribution in [-0.4, -0.2) is 32.0 Å². The van der Waals surface area contributed by atoms with E-state index in [4.69, 9.17) is 10.5 Å². The summed E-state index contributed by atoms with van der Waals surface area (Å²) < 4.78 is 31.7. The highest BCUT2D eigenvalue weighted by molar-refractivity contribution is 6.37. The Bertz CT molecular complexity index is 1220. The van der Waals surface area contributed by atoms with Gasteiger partial charge in [-0.1, -0.05) is 74.9 Å². The number of rotatable bonds is 11. The van der Waals surface area contributed by atoms with Crippen molar-refractivity contribution in [3.05, 3.63) is 101 Å². The molecule has 0 fully saturated rings. The van der Waals surface area contributed by atoms with Gasteiger partial charge in [0.25, 0.3) is 0 Å². The van der Waals surface area contributed by atoms with Crippen molar-refractivity contribution in [2.45, 2.75) is 66.8 Å². The highest BCUT2D eigenvalue weighted by Crippen LogP contribution is 2.17. The first-order valence-corrected chi connectivity index (χ1v) is 13.7. The number of unbranched alkanes of at least 4 members (excludes halogenated alkanes) is 1. The lowest BCUT2D eigenvalue weighted by molar-refractivity contribution is -0.118. The number of aliphatic imine (C=N–C) groups is 2. The molecular formula is C35H47F2N3O2. The third kappa shape index (κ3) is 17.4. The summed E-state index contributed by atoms with van der Waals surface area (Å²) >= 11 is 0. The molecule has 2 aromatic rings. The summed E-state index contributed by atoms with van der Waals surface area (Å²) in [6.45, 7) is 14.1. The minimum atomic E-state index is -0.851. The number of amides is 1. The Morgan fingerprint density at radius 2 is 1.74 bits per heavy atom. The van der Waals surface area contributed by atoms with E-state index in [9.17, 15) is 13.6 Å². The van der Waals surface area contributed by atoms with Crippen molar-refractivity contribution in [2.24, 2.45) is 15.7 Å². The molecule has 42 heavy (non-hydrogen) atoms. The fourth-order valence-corrected chi connectivity index (χ4v) is 3.08. The molecule has 0 unspecified atom stereocenters. The van der Waals surface area contributed by atoms with E-state index < -0.39 is 11.6 Å². The molecule has 0 aliphatic heterocycles. The van der Waals surface area contributed by atoms with E-state index in [2.05, 4.69) is 67.5 Å². The third-order valence-corrected chi connectivity index (χ3v) is 5.68. The van der Waals surface area contributed by atoms with Gasteiger partial charge in [-0.3, -0.25) is 14.8 Å². The average molecular weight is 580 g/mol. The maximum atomic E-state index is 13.4. The zero-order valence-corrected chi connectivity index (χ0v) is 26.2. The number of carbonyl (C=O) groups is 1. The SMILES string of the molecule is C#C.C/C=C(/C)C(C=NC)=NCc1cccc(F)c1F.C=C(/C=C(/CC)OC)c1ccc(C)cc1.CCCCC(N)=O. The first kappa shape index (κ1) is 39.8. The molecule has 0 saturated carbocycles. The number of terminal acetylenes is 1. The van der Waals surface area contributed by atoms with Crippen LogP contribution >= 0.6 is 0 Å². The second kappa shape index (κ2) is 24.5. The molecular weight excluding hydrogens is 532 g/mol. The zero-order valence-electron chi connectivity index (χ0n) is 26.2. The Labute approximate surface area is 252 Å². The van der Waals surface area contributed by atoms with Crippen molar-refractivity contribution >= 4 is 23.4 Å². The standard InChI is InChI=1S/C14H16F2N2.C14H18O.C5H11NO.C2H2/c1-4-10(2)13(9-17-3)18-8-11-6-5-7-12(15)14(11)16;1-5-14(15-4)10-12(3)13-8-6-11(2)7-9-13;1-2-3-4-5(6)7;1-2/h4-7,9H,8H2,1-3H3;6-10H,3,5H2,1-2,4H3;2-4H2,1H3,(H2,6,7);1-2H/b10-4-,17-9?,18-13?;14-10-;;. The molecule has 0 spiro atoms. The van der Waals surface area contributed by atoms with Crippen LogP contribution in [0.15, 0.2) is 82.5 Å². The Hall–Kier alpha value is -4.31. The first-order chi connectivity index (χ1) is 20.0. The zero-order chi connectivity index (χ0) is 32.5. The van der Waals surface area contributed by atoms with Gasteiger partial charge in [0, 0.05) is 31.7 Å². The van der Waals surface area contributed by atoms with Gasteiger partial charge in [-0.2, -0.15) is 0 Å². The minimum absolute atomic E-state index is 0.0934. The number of carbonyl (C=O) groups excluding carboxylic acids is 1. The van der Waals surface area contributed by atoms with Crippen molar-refractivity contribution in [2.75, 3.05) is 14.2 Å². The lowest BCUT2D eigenvalue weighted by atomic mass is 10.0. The molecule has 2 aromatic carbocycles. The monoisotopic (exact) mass is 579 g/mol. The number of allylic oxidation sites excluding steroid dienone is 5. The molecule has 0 radical (unpaired) electrons. The first-order valence-electron chi connectivity index (χ1n) is 13.7. The number of aryl methyl sites for hydroxylation is 1. The van der Waals surface area contributed by atoms with Gasteiger partial charge in [0.1, 0.15) is 0 Å². The molecule has 0 aliphatic carbocycles. The maximum Gasteiger partial charge on any atom is 0.217 e. The van der Waals surface area contributed by atoms with Crippen LogP contribution < -0.4 is 5.73 Å². The van der Waals surface area contributed by atoms with Gasteiger partial charge in [0.15, 0.2) is 11.6 Å². The van der Waals surface area contributed by atoms with E-state index in [1.807, 2.05) is 32.9 Å². The van der Waals surface area contributed by atoms with Crippen LogP contribution in [0, 0.1) is 31.4 Å². The van der Waals surface area contributed by atoms with Crippen LogP contribution in [0.25, 0.3) is 5.57 Å². The number of nitrogens with zero attached hydrogens (tertiary/aromatic N) is 2. The fraction of sp³-hybridized carbons (Fsp3) is 0.343. The summed E-state index contributed by atoms with van der Waals surface area (Å²) in [5.74, 6) is -0.925. The molecule has 2 N–H and O–H groups in total. The Morgan fingerprint density at radius 1 is 1.12 bits per heavy atom. The van der Waals surface area contributed by atoms with E-state index in [0.29, 0.717) is 12.1 Å². The largest absolute Gasteiger partial charge is 0.501 e. The molecule has 7 heteroatoms. The average Bonchev–Trinajstić information content (AvgIpc) is 3.00. The molecule has 1 amide bonds. The summed E-state index contributed by atoms with van der Waals surface area (Å²) in [6, 6.07) is 12.4. The van der Waals surface area contributed by atoms with Crippen LogP contribution in [0.2, 0.25) is 0 Å². The molecule has 0 heterocycles. The highest BCUT2D eigenvalue weighted by atomic mass is 19.2. The smallest absolute Gasteiger partial charge is 0.217 e. The second-order valence-electron chi connectivity index (χ2n) is 8.90. The van der Waals surface area contributed by atoms with Crippen LogP contribution in [0.3, 0.4) is 0 Å². The van der Waals surface area contributed by atoms with E-state index in [0.717, 1.165) is 47.8 Å². The van der Waals surface area contributed by atoms with Gasteiger partial charge in [-0.15, -0.1) is 12.8 Å². The van der Waals surface area contributed by atoms with E-state index in [1.165, 1.54) is 17.7 Å². The predicted octanol–water partition coefficient (Wildman–Crippen LogP) is 8.43. The number of ether oxygens (including phenoxy) is 1.